The van der Waals surface area contributed by atoms with E-state index in [0.717, 1.165) is 0 Å². The summed E-state index contributed by atoms with van der Waals surface area (Å²) in [6.07, 6.45) is -7.01. The molecular formula is C9H14F3NO4. The Morgan fingerprint density at radius 1 is 1.53 bits per heavy atom. The molecule has 1 heterocycles. The van der Waals surface area contributed by atoms with Crippen molar-refractivity contribution in [2.24, 2.45) is 0 Å². The molecule has 0 aliphatic carbocycles. The molecule has 1 atom stereocenters. The van der Waals surface area contributed by atoms with Crippen LogP contribution < -0.4 is 0 Å². The van der Waals surface area contributed by atoms with Gasteiger partial charge in [-0.1, -0.05) is 0 Å². The Morgan fingerprint density at radius 2 is 2.06 bits per heavy atom. The van der Waals surface area contributed by atoms with Crippen LogP contribution in [0.1, 0.15) is 6.92 Å². The van der Waals surface area contributed by atoms with Crippen molar-refractivity contribution in [3.63, 3.8) is 0 Å². The van der Waals surface area contributed by atoms with Gasteiger partial charge in [0.1, 0.15) is 6.61 Å². The van der Waals surface area contributed by atoms with Gasteiger partial charge in [-0.2, -0.15) is 13.2 Å². The predicted molar refractivity (Wildman–Crippen MR) is 50.5 cm³/mol. The molecule has 5 nitrogen and oxygen atoms in total. The van der Waals surface area contributed by atoms with Gasteiger partial charge in [-0.3, -0.25) is 4.90 Å². The maximum Gasteiger partial charge on any atom is 0.415 e. The van der Waals surface area contributed by atoms with Crippen molar-refractivity contribution >= 4 is 5.97 Å². The largest absolute Gasteiger partial charge is 0.480 e. The van der Waals surface area contributed by atoms with E-state index in [4.69, 9.17) is 14.9 Å². The minimum absolute atomic E-state index is 0.174. The number of aliphatic carboxylic acids is 1. The van der Waals surface area contributed by atoms with Gasteiger partial charge in [0.25, 0.3) is 0 Å². The van der Waals surface area contributed by atoms with Crippen molar-refractivity contribution in [1.29, 1.82) is 0 Å². The van der Waals surface area contributed by atoms with Crippen molar-refractivity contribution in [3.05, 3.63) is 0 Å². The van der Waals surface area contributed by atoms with Crippen molar-refractivity contribution in [1.82, 2.24) is 4.90 Å². The normalized spacial score (nSPS) is 21.9. The highest BCUT2D eigenvalue weighted by molar-refractivity contribution is 5.68. The lowest BCUT2D eigenvalue weighted by Crippen LogP contribution is -2.63. The molecule has 1 saturated heterocycles. The minimum Gasteiger partial charge on any atom is -0.480 e. The van der Waals surface area contributed by atoms with Gasteiger partial charge in [-0.05, 0) is 6.92 Å². The quantitative estimate of drug-likeness (QED) is 0.730. The zero-order chi connectivity index (χ0) is 13.3. The van der Waals surface area contributed by atoms with E-state index in [1.165, 1.54) is 4.90 Å². The lowest BCUT2D eigenvalue weighted by molar-refractivity contribution is -0.221. The average molecular weight is 257 g/mol. The SMILES string of the molecule is CC1(OCC(=O)O)CN(CC(O)C(F)(F)F)C1. The van der Waals surface area contributed by atoms with E-state index in [1.807, 2.05) is 0 Å². The second-order valence-electron chi connectivity index (χ2n) is 4.36. The fourth-order valence-electron chi connectivity index (χ4n) is 1.70. The Kier molecular flexibility index (Phi) is 4.00. The maximum absolute atomic E-state index is 12.0. The van der Waals surface area contributed by atoms with Crippen LogP contribution in [0.5, 0.6) is 0 Å². The van der Waals surface area contributed by atoms with Crippen molar-refractivity contribution in [2.75, 3.05) is 26.2 Å². The predicted octanol–water partition coefficient (Wildman–Crippen LogP) is 0.0851. The zero-order valence-electron chi connectivity index (χ0n) is 9.20. The number of rotatable bonds is 5. The topological polar surface area (TPSA) is 70.0 Å². The smallest absolute Gasteiger partial charge is 0.415 e. The molecule has 1 aliphatic rings. The van der Waals surface area contributed by atoms with E-state index in [-0.39, 0.29) is 13.1 Å². The summed E-state index contributed by atoms with van der Waals surface area (Å²) in [6, 6.07) is 0. The van der Waals surface area contributed by atoms with Crippen molar-refractivity contribution in [2.45, 2.75) is 24.8 Å². The van der Waals surface area contributed by atoms with Crippen LogP contribution >= 0.6 is 0 Å². The standard InChI is InChI=1S/C9H14F3NO4/c1-8(17-3-7(15)16)4-13(5-8)2-6(14)9(10,11)12/h6,14H,2-5H2,1H3,(H,15,16). The van der Waals surface area contributed by atoms with Crippen molar-refractivity contribution in [3.8, 4) is 0 Å². The Hall–Kier alpha value is -0.860. The number of alkyl halides is 3. The van der Waals surface area contributed by atoms with Gasteiger partial charge in [-0.25, -0.2) is 4.79 Å². The van der Waals surface area contributed by atoms with Crippen LogP contribution in [0.3, 0.4) is 0 Å². The molecule has 1 rings (SSSR count). The molecule has 0 saturated carbocycles. The molecule has 0 radical (unpaired) electrons. The summed E-state index contributed by atoms with van der Waals surface area (Å²) in [5.74, 6) is -1.12. The highest BCUT2D eigenvalue weighted by Gasteiger charge is 2.45. The van der Waals surface area contributed by atoms with Crippen LogP contribution in [0.25, 0.3) is 0 Å². The van der Waals surface area contributed by atoms with Crippen LogP contribution in [0.4, 0.5) is 13.2 Å². The van der Waals surface area contributed by atoms with Gasteiger partial charge < -0.3 is 14.9 Å². The molecule has 0 aromatic carbocycles. The summed E-state index contributed by atoms with van der Waals surface area (Å²) in [5, 5.41) is 17.2. The first kappa shape index (κ1) is 14.2. The number of likely N-dealkylation sites (tertiary alicyclic amines) is 1. The first-order chi connectivity index (χ1) is 7.62. The molecule has 2 N–H and O–H groups in total. The number of hydrogen-bond acceptors (Lipinski definition) is 4. The number of ether oxygens (including phenoxy) is 1. The summed E-state index contributed by atoms with van der Waals surface area (Å²) < 4.78 is 41.1. The number of carboxylic acid groups (broad SMARTS) is 1. The highest BCUT2D eigenvalue weighted by atomic mass is 19.4. The number of β-amino-alcohol motifs (C(OH)–C–C–N with tert-alkyl or cyclic N) is 1. The summed E-state index contributed by atoms with van der Waals surface area (Å²) in [7, 11) is 0. The third-order valence-electron chi connectivity index (χ3n) is 2.47. The van der Waals surface area contributed by atoms with E-state index in [0.29, 0.717) is 0 Å². The van der Waals surface area contributed by atoms with E-state index >= 15 is 0 Å². The molecule has 0 aromatic heterocycles. The van der Waals surface area contributed by atoms with Gasteiger partial charge in [-0.15, -0.1) is 0 Å². The van der Waals surface area contributed by atoms with E-state index in [2.05, 4.69) is 0 Å². The molecular weight excluding hydrogens is 243 g/mol. The molecule has 1 fully saturated rings. The summed E-state index contributed by atoms with van der Waals surface area (Å²) >= 11 is 0. The molecule has 100 valence electrons. The van der Waals surface area contributed by atoms with E-state index in [1.54, 1.807) is 6.92 Å². The van der Waals surface area contributed by atoms with Gasteiger partial charge in [0.2, 0.25) is 0 Å². The van der Waals surface area contributed by atoms with Gasteiger partial charge in [0, 0.05) is 19.6 Å². The van der Waals surface area contributed by atoms with E-state index < -0.39 is 37.0 Å². The number of halogens is 3. The number of carboxylic acids is 1. The first-order valence-corrected chi connectivity index (χ1v) is 4.95. The molecule has 1 unspecified atom stereocenters. The van der Waals surface area contributed by atoms with Gasteiger partial charge >= 0.3 is 12.1 Å². The monoisotopic (exact) mass is 257 g/mol. The third-order valence-corrected chi connectivity index (χ3v) is 2.47. The molecule has 0 spiro atoms. The number of aliphatic hydroxyl groups excluding tert-OH is 1. The molecule has 17 heavy (non-hydrogen) atoms. The van der Waals surface area contributed by atoms with Gasteiger partial charge in [0.05, 0.1) is 5.60 Å². The number of nitrogens with zero attached hydrogens (tertiary/aromatic N) is 1. The number of carbonyl (C=O) groups is 1. The number of hydrogen-bond donors (Lipinski definition) is 2. The van der Waals surface area contributed by atoms with Crippen molar-refractivity contribution < 1.29 is 32.9 Å². The Morgan fingerprint density at radius 3 is 2.47 bits per heavy atom. The number of aliphatic hydroxyl groups is 1. The van der Waals surface area contributed by atoms with Crippen LogP contribution in [-0.2, 0) is 9.53 Å². The average Bonchev–Trinajstić information content (AvgIpc) is 2.10. The summed E-state index contributed by atoms with van der Waals surface area (Å²) in [6.45, 7) is 0.967. The highest BCUT2D eigenvalue weighted by Crippen LogP contribution is 2.27. The molecule has 0 amide bonds. The van der Waals surface area contributed by atoms with Crippen LogP contribution in [0.2, 0.25) is 0 Å². The summed E-state index contributed by atoms with van der Waals surface area (Å²) in [4.78, 5) is 11.6. The lowest BCUT2D eigenvalue weighted by atomic mass is 9.96. The Labute approximate surface area is 95.8 Å². The van der Waals surface area contributed by atoms with Crippen LogP contribution in [0.15, 0.2) is 0 Å². The summed E-state index contributed by atoms with van der Waals surface area (Å²) in [5.41, 5.74) is -0.746. The van der Waals surface area contributed by atoms with Crippen LogP contribution in [-0.4, -0.2) is 65.2 Å². The van der Waals surface area contributed by atoms with Gasteiger partial charge in [0.15, 0.2) is 6.10 Å². The molecule has 0 aromatic rings. The molecule has 1 aliphatic heterocycles. The van der Waals surface area contributed by atoms with Crippen LogP contribution in [0, 0.1) is 0 Å². The third kappa shape index (κ3) is 4.14. The fraction of sp³-hybridized carbons (Fsp3) is 0.889. The Bertz CT molecular complexity index is 288. The fourth-order valence-corrected chi connectivity index (χ4v) is 1.70. The second kappa shape index (κ2) is 4.79. The Balaban J connectivity index is 2.29. The second-order valence-corrected chi connectivity index (χ2v) is 4.36. The molecule has 0 bridgehead atoms. The maximum atomic E-state index is 12.0. The first-order valence-electron chi connectivity index (χ1n) is 4.95. The molecule has 8 heteroatoms. The zero-order valence-corrected chi connectivity index (χ0v) is 9.20. The van der Waals surface area contributed by atoms with E-state index in [9.17, 15) is 18.0 Å². The minimum atomic E-state index is -4.63. The lowest BCUT2D eigenvalue weighted by Gasteiger charge is -2.48.